The highest BCUT2D eigenvalue weighted by Gasteiger charge is 2.31. The van der Waals surface area contributed by atoms with Crippen molar-refractivity contribution in [2.45, 2.75) is 6.04 Å². The predicted molar refractivity (Wildman–Crippen MR) is 76.3 cm³/mol. The molecule has 1 N–H and O–H groups in total. The van der Waals surface area contributed by atoms with E-state index in [4.69, 9.17) is 0 Å². The molecule has 2 heterocycles. The van der Waals surface area contributed by atoms with Gasteiger partial charge < -0.3 is 14.8 Å². The Labute approximate surface area is 122 Å². The van der Waals surface area contributed by atoms with Crippen molar-refractivity contribution in [1.29, 1.82) is 0 Å². The molecule has 3 rings (SSSR count). The lowest BCUT2D eigenvalue weighted by Crippen LogP contribution is -2.49. The van der Waals surface area contributed by atoms with Crippen LogP contribution in [0.15, 0.2) is 36.7 Å². The van der Waals surface area contributed by atoms with Gasteiger partial charge in [0.1, 0.15) is 17.7 Å². The van der Waals surface area contributed by atoms with E-state index in [2.05, 4.69) is 10.3 Å². The molecule has 0 radical (unpaired) electrons. The summed E-state index contributed by atoms with van der Waals surface area (Å²) in [5.41, 5.74) is 0.110. The van der Waals surface area contributed by atoms with E-state index < -0.39 is 5.82 Å². The predicted octanol–water partition coefficient (Wildman–Crippen LogP) is 1.35. The molecule has 1 amide bonds. The minimum atomic E-state index is -0.486. The van der Waals surface area contributed by atoms with Crippen LogP contribution < -0.4 is 5.32 Å². The Balaban J connectivity index is 1.93. The number of aromatic nitrogens is 2. The van der Waals surface area contributed by atoms with Crippen LogP contribution in [0.4, 0.5) is 4.39 Å². The quantitative estimate of drug-likeness (QED) is 0.907. The van der Waals surface area contributed by atoms with E-state index in [0.29, 0.717) is 19.6 Å². The van der Waals surface area contributed by atoms with E-state index in [1.165, 1.54) is 12.1 Å². The molecule has 5 nitrogen and oxygen atoms in total. The molecule has 21 heavy (non-hydrogen) atoms. The monoisotopic (exact) mass is 288 g/mol. The van der Waals surface area contributed by atoms with Crippen LogP contribution in [0, 0.1) is 5.82 Å². The number of rotatable bonds is 2. The highest BCUT2D eigenvalue weighted by Crippen LogP contribution is 2.23. The van der Waals surface area contributed by atoms with Crippen LogP contribution in [0.2, 0.25) is 0 Å². The first-order valence-electron chi connectivity index (χ1n) is 6.92. The lowest BCUT2D eigenvalue weighted by atomic mass is 10.1. The van der Waals surface area contributed by atoms with Gasteiger partial charge in [0, 0.05) is 39.1 Å². The first kappa shape index (κ1) is 13.8. The summed E-state index contributed by atoms with van der Waals surface area (Å²) >= 11 is 0. The van der Waals surface area contributed by atoms with Gasteiger partial charge in [0.15, 0.2) is 0 Å². The highest BCUT2D eigenvalue weighted by atomic mass is 19.1. The van der Waals surface area contributed by atoms with Crippen LogP contribution in [-0.2, 0) is 7.05 Å². The van der Waals surface area contributed by atoms with Crippen molar-refractivity contribution < 1.29 is 9.18 Å². The van der Waals surface area contributed by atoms with Gasteiger partial charge in [-0.1, -0.05) is 12.1 Å². The largest absolute Gasteiger partial charge is 0.336 e. The number of halogens is 1. The van der Waals surface area contributed by atoms with Crippen molar-refractivity contribution in [3.05, 3.63) is 53.9 Å². The fourth-order valence-electron chi connectivity index (χ4n) is 2.67. The Morgan fingerprint density at radius 2 is 2.24 bits per heavy atom. The Morgan fingerprint density at radius 1 is 1.43 bits per heavy atom. The zero-order chi connectivity index (χ0) is 14.8. The molecule has 0 spiro atoms. The van der Waals surface area contributed by atoms with Gasteiger partial charge in [-0.05, 0) is 12.1 Å². The second-order valence-electron chi connectivity index (χ2n) is 5.09. The third-order valence-corrected chi connectivity index (χ3v) is 3.77. The number of carbonyl (C=O) groups excluding carboxylic acids is 1. The maximum atomic E-state index is 13.9. The molecule has 0 aliphatic carbocycles. The Hall–Kier alpha value is -2.21. The third-order valence-electron chi connectivity index (χ3n) is 3.77. The summed E-state index contributed by atoms with van der Waals surface area (Å²) in [5, 5.41) is 3.26. The zero-order valence-electron chi connectivity index (χ0n) is 11.8. The third kappa shape index (κ3) is 2.54. The molecule has 1 saturated heterocycles. The molecular weight excluding hydrogens is 271 g/mol. The second kappa shape index (κ2) is 5.65. The van der Waals surface area contributed by atoms with Crippen molar-refractivity contribution in [3.63, 3.8) is 0 Å². The van der Waals surface area contributed by atoms with Crippen LogP contribution in [0.5, 0.6) is 0 Å². The Kier molecular flexibility index (Phi) is 3.70. The molecule has 1 aromatic carbocycles. The SMILES string of the molecule is Cn1ccnc1C1CNCCN1C(=O)c1ccccc1F. The van der Waals surface area contributed by atoms with Gasteiger partial charge >= 0.3 is 0 Å². The van der Waals surface area contributed by atoms with E-state index in [1.807, 2.05) is 17.8 Å². The molecule has 110 valence electrons. The number of carbonyl (C=O) groups is 1. The molecule has 1 unspecified atom stereocenters. The summed E-state index contributed by atoms with van der Waals surface area (Å²) in [6.45, 7) is 1.84. The number of imidazole rings is 1. The van der Waals surface area contributed by atoms with Crippen LogP contribution in [0.3, 0.4) is 0 Å². The van der Waals surface area contributed by atoms with Crippen LogP contribution in [0.25, 0.3) is 0 Å². The van der Waals surface area contributed by atoms with Crippen LogP contribution in [0.1, 0.15) is 22.2 Å². The lowest BCUT2D eigenvalue weighted by molar-refractivity contribution is 0.0616. The fourth-order valence-corrected chi connectivity index (χ4v) is 2.67. The molecule has 0 saturated carbocycles. The summed E-state index contributed by atoms with van der Waals surface area (Å²) in [5.74, 6) is 0.0223. The van der Waals surface area contributed by atoms with Gasteiger partial charge in [-0.25, -0.2) is 9.37 Å². The van der Waals surface area contributed by atoms with Crippen LogP contribution >= 0.6 is 0 Å². The molecule has 6 heteroatoms. The smallest absolute Gasteiger partial charge is 0.257 e. The van der Waals surface area contributed by atoms with Gasteiger partial charge in [-0.15, -0.1) is 0 Å². The van der Waals surface area contributed by atoms with E-state index in [9.17, 15) is 9.18 Å². The van der Waals surface area contributed by atoms with Gasteiger partial charge in [0.05, 0.1) is 5.56 Å². The number of amides is 1. The second-order valence-corrected chi connectivity index (χ2v) is 5.09. The van der Waals surface area contributed by atoms with Gasteiger partial charge in [0.25, 0.3) is 5.91 Å². The van der Waals surface area contributed by atoms with Gasteiger partial charge in [-0.2, -0.15) is 0 Å². The van der Waals surface area contributed by atoms with Gasteiger partial charge in [-0.3, -0.25) is 4.79 Å². The first-order chi connectivity index (χ1) is 10.2. The molecule has 1 aromatic heterocycles. The Morgan fingerprint density at radius 3 is 2.95 bits per heavy atom. The number of piperazine rings is 1. The number of hydrogen-bond acceptors (Lipinski definition) is 3. The van der Waals surface area contributed by atoms with Crippen molar-refractivity contribution in [3.8, 4) is 0 Å². The average Bonchev–Trinajstić information content (AvgIpc) is 2.93. The molecule has 1 atom stereocenters. The molecule has 1 fully saturated rings. The first-order valence-corrected chi connectivity index (χ1v) is 6.92. The molecular formula is C15H17FN4O. The number of benzene rings is 1. The van der Waals surface area contributed by atoms with Crippen molar-refractivity contribution >= 4 is 5.91 Å². The molecule has 0 bridgehead atoms. The summed E-state index contributed by atoms with van der Waals surface area (Å²) < 4.78 is 15.7. The molecule has 2 aromatic rings. The number of nitrogens with one attached hydrogen (secondary N) is 1. The summed E-state index contributed by atoms with van der Waals surface area (Å²) in [6.07, 6.45) is 3.55. The Bertz CT molecular complexity index is 655. The van der Waals surface area contributed by atoms with E-state index in [0.717, 1.165) is 5.82 Å². The topological polar surface area (TPSA) is 50.2 Å². The van der Waals surface area contributed by atoms with Crippen molar-refractivity contribution in [1.82, 2.24) is 19.8 Å². The van der Waals surface area contributed by atoms with E-state index in [-0.39, 0.29) is 17.5 Å². The number of hydrogen-bond donors (Lipinski definition) is 1. The van der Waals surface area contributed by atoms with Crippen molar-refractivity contribution in [2.75, 3.05) is 19.6 Å². The normalized spacial score (nSPS) is 18.8. The summed E-state index contributed by atoms with van der Waals surface area (Å²) in [6, 6.07) is 5.90. The van der Waals surface area contributed by atoms with Gasteiger partial charge in [0.2, 0.25) is 0 Å². The van der Waals surface area contributed by atoms with E-state index in [1.54, 1.807) is 23.2 Å². The minimum Gasteiger partial charge on any atom is -0.336 e. The average molecular weight is 288 g/mol. The fraction of sp³-hybridized carbons (Fsp3) is 0.333. The van der Waals surface area contributed by atoms with E-state index >= 15 is 0 Å². The number of aryl methyl sites for hydroxylation is 1. The molecule has 1 aliphatic heterocycles. The van der Waals surface area contributed by atoms with Crippen molar-refractivity contribution in [2.24, 2.45) is 7.05 Å². The summed E-state index contributed by atoms with van der Waals surface area (Å²) in [7, 11) is 1.89. The maximum absolute atomic E-state index is 13.9. The summed E-state index contributed by atoms with van der Waals surface area (Å²) in [4.78, 5) is 18.7. The maximum Gasteiger partial charge on any atom is 0.257 e. The molecule has 1 aliphatic rings. The lowest BCUT2D eigenvalue weighted by Gasteiger charge is -2.35. The zero-order valence-corrected chi connectivity index (χ0v) is 11.8. The van der Waals surface area contributed by atoms with Crippen LogP contribution in [-0.4, -0.2) is 40.0 Å². The highest BCUT2D eigenvalue weighted by molar-refractivity contribution is 5.94. The number of nitrogens with zero attached hydrogens (tertiary/aromatic N) is 3. The minimum absolute atomic E-state index is 0.110. The standard InChI is InChI=1S/C15H17FN4O/c1-19-8-7-18-14(19)13-10-17-6-9-20(13)15(21)11-4-2-3-5-12(11)16/h2-5,7-8,13,17H,6,9-10H2,1H3.